The number of anilines is 1. The van der Waals surface area contributed by atoms with Gasteiger partial charge in [0.2, 0.25) is 5.91 Å². The fourth-order valence-electron chi connectivity index (χ4n) is 2.03. The van der Waals surface area contributed by atoms with Crippen LogP contribution in [0.25, 0.3) is 0 Å². The van der Waals surface area contributed by atoms with E-state index in [1.54, 1.807) is 25.1 Å². The van der Waals surface area contributed by atoms with E-state index in [9.17, 15) is 19.7 Å². The lowest BCUT2D eigenvalue weighted by atomic mass is 10.1. The van der Waals surface area contributed by atoms with Crippen LogP contribution < -0.4 is 4.90 Å². The molecule has 0 aliphatic rings. The summed E-state index contributed by atoms with van der Waals surface area (Å²) in [4.78, 5) is 36.1. The largest absolute Gasteiger partial charge is 0.274 e. The second-order valence-electron chi connectivity index (χ2n) is 4.68. The van der Waals surface area contributed by atoms with E-state index in [4.69, 9.17) is 11.6 Å². The lowest BCUT2D eigenvalue weighted by molar-refractivity contribution is -0.384. The third-order valence-corrected chi connectivity index (χ3v) is 3.36. The lowest BCUT2D eigenvalue weighted by Crippen LogP contribution is -2.36. The maximum atomic E-state index is 12.7. The van der Waals surface area contributed by atoms with Gasteiger partial charge in [0.05, 0.1) is 10.6 Å². The van der Waals surface area contributed by atoms with Crippen molar-refractivity contribution in [1.29, 1.82) is 0 Å². The van der Waals surface area contributed by atoms with Gasteiger partial charge >= 0.3 is 0 Å². The van der Waals surface area contributed by atoms with Gasteiger partial charge in [-0.05, 0) is 24.3 Å². The van der Waals surface area contributed by atoms with Crippen molar-refractivity contribution in [2.45, 2.75) is 13.3 Å². The molecule has 118 valence electrons. The van der Waals surface area contributed by atoms with Gasteiger partial charge in [-0.25, -0.2) is 4.90 Å². The predicted molar refractivity (Wildman–Crippen MR) is 86.7 cm³/mol. The zero-order valence-electron chi connectivity index (χ0n) is 12.2. The van der Waals surface area contributed by atoms with Crippen LogP contribution in [0.5, 0.6) is 0 Å². The first-order valence-electron chi connectivity index (χ1n) is 6.81. The van der Waals surface area contributed by atoms with Gasteiger partial charge in [-0.3, -0.25) is 19.7 Å². The highest BCUT2D eigenvalue weighted by molar-refractivity contribution is 6.31. The van der Waals surface area contributed by atoms with E-state index < -0.39 is 16.7 Å². The van der Waals surface area contributed by atoms with E-state index in [0.717, 1.165) is 11.0 Å². The molecule has 2 rings (SSSR count). The Bertz CT molecular complexity index is 776. The summed E-state index contributed by atoms with van der Waals surface area (Å²) >= 11 is 5.92. The van der Waals surface area contributed by atoms with Crippen LogP contribution in [-0.4, -0.2) is 16.7 Å². The molecule has 0 atom stereocenters. The SMILES string of the molecule is CCC(=O)N(C(=O)c1cccc([N+](=O)[O-])c1)c1cccc(Cl)c1. The molecule has 0 saturated heterocycles. The van der Waals surface area contributed by atoms with Crippen molar-refractivity contribution in [2.75, 3.05) is 4.90 Å². The summed E-state index contributed by atoms with van der Waals surface area (Å²) in [6, 6.07) is 11.6. The van der Waals surface area contributed by atoms with Crippen molar-refractivity contribution >= 4 is 34.8 Å². The number of nitro groups is 1. The van der Waals surface area contributed by atoms with Crippen molar-refractivity contribution in [3.05, 3.63) is 69.2 Å². The summed E-state index contributed by atoms with van der Waals surface area (Å²) in [5, 5.41) is 11.2. The number of non-ortho nitro benzene ring substituents is 1. The van der Waals surface area contributed by atoms with Crippen molar-refractivity contribution in [3.8, 4) is 0 Å². The average molecular weight is 333 g/mol. The highest BCUT2D eigenvalue weighted by atomic mass is 35.5. The number of hydrogen-bond acceptors (Lipinski definition) is 4. The van der Waals surface area contributed by atoms with Gasteiger partial charge < -0.3 is 0 Å². The number of imide groups is 1. The fourth-order valence-corrected chi connectivity index (χ4v) is 2.21. The Morgan fingerprint density at radius 1 is 1.17 bits per heavy atom. The van der Waals surface area contributed by atoms with Gasteiger partial charge in [-0.2, -0.15) is 0 Å². The van der Waals surface area contributed by atoms with Crippen LogP contribution in [-0.2, 0) is 4.79 Å². The van der Waals surface area contributed by atoms with E-state index >= 15 is 0 Å². The van der Waals surface area contributed by atoms with Crippen molar-refractivity contribution in [2.24, 2.45) is 0 Å². The molecule has 0 fully saturated rings. The summed E-state index contributed by atoms with van der Waals surface area (Å²) in [6.07, 6.45) is 0.104. The topological polar surface area (TPSA) is 80.5 Å². The third-order valence-electron chi connectivity index (χ3n) is 3.13. The van der Waals surface area contributed by atoms with E-state index in [1.165, 1.54) is 24.3 Å². The number of carbonyl (C=O) groups is 2. The second-order valence-corrected chi connectivity index (χ2v) is 5.11. The first-order chi connectivity index (χ1) is 10.9. The minimum atomic E-state index is -0.636. The minimum Gasteiger partial charge on any atom is -0.274 e. The van der Waals surface area contributed by atoms with Crippen LogP contribution in [0.15, 0.2) is 48.5 Å². The number of nitrogens with zero attached hydrogens (tertiary/aromatic N) is 2. The number of halogens is 1. The van der Waals surface area contributed by atoms with Crippen LogP contribution >= 0.6 is 11.6 Å². The maximum absolute atomic E-state index is 12.7. The zero-order valence-corrected chi connectivity index (χ0v) is 13.0. The molecule has 2 aromatic carbocycles. The third kappa shape index (κ3) is 3.73. The molecule has 6 nitrogen and oxygen atoms in total. The Hall–Kier alpha value is -2.73. The van der Waals surface area contributed by atoms with Crippen LogP contribution in [0.1, 0.15) is 23.7 Å². The standard InChI is InChI=1S/C16H13ClN2O4/c1-2-15(20)18(13-7-4-6-12(17)10-13)16(21)11-5-3-8-14(9-11)19(22)23/h3-10H,2H2,1H3. The van der Waals surface area contributed by atoms with Crippen LogP contribution in [0.3, 0.4) is 0 Å². The molecular formula is C16H13ClN2O4. The number of rotatable bonds is 4. The minimum absolute atomic E-state index is 0.0565. The second kappa shape index (κ2) is 7.02. The molecule has 23 heavy (non-hydrogen) atoms. The average Bonchev–Trinajstić information content (AvgIpc) is 2.55. The molecule has 0 bridgehead atoms. The number of amides is 2. The van der Waals surface area contributed by atoms with Crippen molar-refractivity contribution < 1.29 is 14.5 Å². The Morgan fingerprint density at radius 2 is 1.87 bits per heavy atom. The Kier molecular flexibility index (Phi) is 5.08. The summed E-state index contributed by atoms with van der Waals surface area (Å²) in [7, 11) is 0. The molecule has 0 radical (unpaired) electrons. The molecule has 0 unspecified atom stereocenters. The molecule has 7 heteroatoms. The zero-order chi connectivity index (χ0) is 17.0. The van der Waals surface area contributed by atoms with E-state index in [1.807, 2.05) is 0 Å². The summed E-state index contributed by atoms with van der Waals surface area (Å²) in [5.74, 6) is -1.06. The smallest absolute Gasteiger partial charge is 0.270 e. The normalized spacial score (nSPS) is 10.2. The first kappa shape index (κ1) is 16.6. The van der Waals surface area contributed by atoms with Crippen molar-refractivity contribution in [1.82, 2.24) is 0 Å². The monoisotopic (exact) mass is 332 g/mol. The van der Waals surface area contributed by atoms with Crippen LogP contribution in [0, 0.1) is 10.1 Å². The molecule has 0 saturated carbocycles. The van der Waals surface area contributed by atoms with Gasteiger partial charge in [-0.1, -0.05) is 30.7 Å². The molecule has 2 amide bonds. The Balaban J connectivity index is 2.47. The van der Waals surface area contributed by atoms with E-state index in [-0.39, 0.29) is 17.7 Å². The number of benzene rings is 2. The Labute approximate surface area is 137 Å². The molecule has 0 N–H and O–H groups in total. The predicted octanol–water partition coefficient (Wildman–Crippen LogP) is 3.83. The quantitative estimate of drug-likeness (QED) is 0.629. The van der Waals surface area contributed by atoms with Gasteiger partial charge in [0.15, 0.2) is 0 Å². The highest BCUT2D eigenvalue weighted by Gasteiger charge is 2.24. The molecular weight excluding hydrogens is 320 g/mol. The molecule has 0 aromatic heterocycles. The van der Waals surface area contributed by atoms with E-state index in [2.05, 4.69) is 0 Å². The number of nitro benzene ring substituents is 1. The van der Waals surface area contributed by atoms with Crippen LogP contribution in [0.4, 0.5) is 11.4 Å². The number of hydrogen-bond donors (Lipinski definition) is 0. The van der Waals surface area contributed by atoms with E-state index in [0.29, 0.717) is 10.7 Å². The summed E-state index contributed by atoms with van der Waals surface area (Å²) in [5.41, 5.74) is 0.160. The molecule has 0 heterocycles. The molecule has 2 aromatic rings. The number of carbonyl (C=O) groups excluding carboxylic acids is 2. The maximum Gasteiger partial charge on any atom is 0.270 e. The summed E-state index contributed by atoms with van der Waals surface area (Å²) < 4.78 is 0. The van der Waals surface area contributed by atoms with Crippen LogP contribution in [0.2, 0.25) is 5.02 Å². The Morgan fingerprint density at radius 3 is 2.48 bits per heavy atom. The van der Waals surface area contributed by atoms with Gasteiger partial charge in [0.1, 0.15) is 0 Å². The molecule has 0 aliphatic carbocycles. The fraction of sp³-hybridized carbons (Fsp3) is 0.125. The van der Waals surface area contributed by atoms with Crippen molar-refractivity contribution in [3.63, 3.8) is 0 Å². The molecule has 0 aliphatic heterocycles. The first-order valence-corrected chi connectivity index (χ1v) is 7.19. The highest BCUT2D eigenvalue weighted by Crippen LogP contribution is 2.23. The van der Waals surface area contributed by atoms with Gasteiger partial charge in [0, 0.05) is 29.1 Å². The van der Waals surface area contributed by atoms with Gasteiger partial charge in [-0.15, -0.1) is 0 Å². The molecule has 0 spiro atoms. The van der Waals surface area contributed by atoms with Gasteiger partial charge in [0.25, 0.3) is 11.6 Å². The lowest BCUT2D eigenvalue weighted by Gasteiger charge is -2.20. The summed E-state index contributed by atoms with van der Waals surface area (Å²) in [6.45, 7) is 1.63.